The minimum atomic E-state index is -0.708. The molecular weight excluding hydrogens is 108 g/mol. The van der Waals surface area contributed by atoms with E-state index < -0.39 is 10.8 Å². The number of allylic oxidation sites excluding steroid dienone is 1. The fourth-order valence-corrected chi connectivity index (χ4v) is 0.744. The molecule has 0 radical (unpaired) electrons. The van der Waals surface area contributed by atoms with Crippen LogP contribution in [0.3, 0.4) is 0 Å². The minimum Gasteiger partial charge on any atom is -0.255 e. The van der Waals surface area contributed by atoms with Gasteiger partial charge in [-0.2, -0.15) is 0 Å². The van der Waals surface area contributed by atoms with Crippen molar-refractivity contribution in [2.75, 3.05) is 5.75 Å². The van der Waals surface area contributed by atoms with Gasteiger partial charge in [0.15, 0.2) is 0 Å². The summed E-state index contributed by atoms with van der Waals surface area (Å²) in [6.45, 7) is 3.77. The van der Waals surface area contributed by atoms with E-state index in [2.05, 4.69) is 0 Å². The van der Waals surface area contributed by atoms with Crippen LogP contribution in [0.5, 0.6) is 0 Å². The molecule has 0 aromatic carbocycles. The van der Waals surface area contributed by atoms with Gasteiger partial charge in [-0.3, -0.25) is 4.21 Å². The van der Waals surface area contributed by atoms with Gasteiger partial charge >= 0.3 is 0 Å². The zero-order chi connectivity index (χ0) is 5.70. The summed E-state index contributed by atoms with van der Waals surface area (Å²) in [5, 5.41) is 1.69. The Balaban J connectivity index is 3.37. The quantitative estimate of drug-likeness (QED) is 0.534. The molecule has 0 N–H and O–H groups in total. The third-order valence-corrected chi connectivity index (χ3v) is 1.72. The van der Waals surface area contributed by atoms with Gasteiger partial charge in [0, 0.05) is 16.6 Å². The molecule has 0 aliphatic carbocycles. The average molecular weight is 118 g/mol. The summed E-state index contributed by atoms with van der Waals surface area (Å²) in [6, 6.07) is 0. The molecule has 42 valence electrons. The molecule has 0 aromatic heterocycles. The maximum atomic E-state index is 10.4. The third kappa shape index (κ3) is 3.73. The molecule has 0 amide bonds. The van der Waals surface area contributed by atoms with E-state index in [-0.39, 0.29) is 0 Å². The lowest BCUT2D eigenvalue weighted by Gasteiger charge is -1.80. The topological polar surface area (TPSA) is 17.1 Å². The molecule has 0 aliphatic heterocycles. The van der Waals surface area contributed by atoms with Gasteiger partial charge in [-0.15, -0.1) is 0 Å². The van der Waals surface area contributed by atoms with E-state index in [9.17, 15) is 4.21 Å². The van der Waals surface area contributed by atoms with Crippen molar-refractivity contribution < 1.29 is 4.21 Å². The Bertz CT molecular complexity index is 86.1. The zero-order valence-electron chi connectivity index (χ0n) is 4.68. The largest absolute Gasteiger partial charge is 0.255 e. The predicted octanol–water partition coefficient (Wildman–Crippen LogP) is 1.29. The van der Waals surface area contributed by atoms with Crippen molar-refractivity contribution in [2.24, 2.45) is 0 Å². The molecule has 0 saturated heterocycles. The molecule has 0 fully saturated rings. The molecule has 1 nitrogen and oxygen atoms in total. The molecule has 1 atom stereocenters. The first kappa shape index (κ1) is 6.89. The molecule has 0 saturated carbocycles. The lowest BCUT2D eigenvalue weighted by atomic mass is 10.8. The van der Waals surface area contributed by atoms with E-state index in [1.165, 1.54) is 0 Å². The molecule has 0 aliphatic rings. The summed E-state index contributed by atoms with van der Waals surface area (Å²) in [5.74, 6) is 0.727. The van der Waals surface area contributed by atoms with Crippen LogP contribution < -0.4 is 0 Å². The summed E-state index contributed by atoms with van der Waals surface area (Å²) in [6.07, 6.45) is 1.81. The van der Waals surface area contributed by atoms with Crippen LogP contribution in [-0.4, -0.2) is 9.96 Å². The van der Waals surface area contributed by atoms with Gasteiger partial charge in [-0.05, 0) is 12.3 Å². The molecule has 0 heterocycles. The number of hydrogen-bond donors (Lipinski definition) is 0. The molecule has 0 rings (SSSR count). The summed E-state index contributed by atoms with van der Waals surface area (Å²) in [7, 11) is -0.708. The van der Waals surface area contributed by atoms with Crippen molar-refractivity contribution >= 4 is 10.8 Å². The van der Waals surface area contributed by atoms with Crippen LogP contribution in [0.25, 0.3) is 0 Å². The van der Waals surface area contributed by atoms with Gasteiger partial charge in [-0.1, -0.05) is 13.0 Å². The van der Waals surface area contributed by atoms with E-state index >= 15 is 0 Å². The Kier molecular flexibility index (Phi) is 4.00. The van der Waals surface area contributed by atoms with Crippen LogP contribution in [0.4, 0.5) is 0 Å². The SMILES string of the molecule is C/C=C/S(=O)CC. The van der Waals surface area contributed by atoms with E-state index in [1.54, 1.807) is 11.5 Å². The number of rotatable bonds is 2. The molecule has 0 bridgehead atoms. The highest BCUT2D eigenvalue weighted by molar-refractivity contribution is 7.87. The lowest BCUT2D eigenvalue weighted by molar-refractivity contribution is 0.689. The van der Waals surface area contributed by atoms with Crippen LogP contribution >= 0.6 is 0 Å². The van der Waals surface area contributed by atoms with Crippen LogP contribution in [-0.2, 0) is 10.8 Å². The third-order valence-electron chi connectivity index (χ3n) is 0.572. The van der Waals surface area contributed by atoms with Gasteiger partial charge in [0.1, 0.15) is 0 Å². The summed E-state index contributed by atoms with van der Waals surface area (Å²) >= 11 is 0. The molecular formula is C5H10OS. The van der Waals surface area contributed by atoms with Crippen molar-refractivity contribution in [3.8, 4) is 0 Å². The second-order valence-electron chi connectivity index (χ2n) is 1.14. The van der Waals surface area contributed by atoms with Crippen molar-refractivity contribution in [3.63, 3.8) is 0 Å². The minimum absolute atomic E-state index is 0.708. The van der Waals surface area contributed by atoms with Crippen LogP contribution in [0.2, 0.25) is 0 Å². The van der Waals surface area contributed by atoms with Crippen LogP contribution in [0, 0.1) is 0 Å². The Morgan fingerprint density at radius 3 is 2.43 bits per heavy atom. The summed E-state index contributed by atoms with van der Waals surface area (Å²) in [5.41, 5.74) is 0. The number of hydrogen-bond acceptors (Lipinski definition) is 1. The Hall–Kier alpha value is -0.110. The second kappa shape index (κ2) is 4.06. The molecule has 7 heavy (non-hydrogen) atoms. The average Bonchev–Trinajstić information content (AvgIpc) is 1.68. The van der Waals surface area contributed by atoms with E-state index in [0.29, 0.717) is 0 Å². The van der Waals surface area contributed by atoms with Gasteiger partial charge in [0.05, 0.1) is 0 Å². The van der Waals surface area contributed by atoms with Gasteiger partial charge < -0.3 is 0 Å². The standard InChI is InChI=1S/C5H10OS/c1-3-5-7(6)4-2/h3,5H,4H2,1-2H3/b5-3+. The Labute approximate surface area is 46.9 Å². The fourth-order valence-electron chi connectivity index (χ4n) is 0.248. The zero-order valence-corrected chi connectivity index (χ0v) is 5.49. The monoisotopic (exact) mass is 118 g/mol. The Morgan fingerprint density at radius 1 is 1.71 bits per heavy atom. The fraction of sp³-hybridized carbons (Fsp3) is 0.600. The summed E-state index contributed by atoms with van der Waals surface area (Å²) in [4.78, 5) is 0. The Morgan fingerprint density at radius 2 is 2.29 bits per heavy atom. The van der Waals surface area contributed by atoms with Crippen molar-refractivity contribution in [1.82, 2.24) is 0 Å². The highest BCUT2D eigenvalue weighted by Gasteiger charge is 1.80. The van der Waals surface area contributed by atoms with Gasteiger partial charge in [0.25, 0.3) is 0 Å². The van der Waals surface area contributed by atoms with Gasteiger partial charge in [0.2, 0.25) is 0 Å². The maximum absolute atomic E-state index is 10.4. The molecule has 0 spiro atoms. The van der Waals surface area contributed by atoms with E-state index in [1.807, 2.05) is 13.8 Å². The van der Waals surface area contributed by atoms with Crippen molar-refractivity contribution in [2.45, 2.75) is 13.8 Å². The molecule has 2 heteroatoms. The van der Waals surface area contributed by atoms with Gasteiger partial charge in [-0.25, -0.2) is 0 Å². The predicted molar refractivity (Wildman–Crippen MR) is 33.5 cm³/mol. The summed E-state index contributed by atoms with van der Waals surface area (Å²) < 4.78 is 10.4. The van der Waals surface area contributed by atoms with Crippen LogP contribution in [0.1, 0.15) is 13.8 Å². The first-order valence-electron chi connectivity index (χ1n) is 2.31. The highest BCUT2D eigenvalue weighted by Crippen LogP contribution is 1.80. The molecule has 0 aromatic rings. The van der Waals surface area contributed by atoms with E-state index in [4.69, 9.17) is 0 Å². The second-order valence-corrected chi connectivity index (χ2v) is 2.75. The van der Waals surface area contributed by atoms with Crippen LogP contribution in [0.15, 0.2) is 11.5 Å². The van der Waals surface area contributed by atoms with Crippen molar-refractivity contribution in [1.29, 1.82) is 0 Å². The normalized spacial score (nSPS) is 15.1. The lowest BCUT2D eigenvalue weighted by Crippen LogP contribution is -1.83. The first-order valence-corrected chi connectivity index (χ1v) is 3.69. The van der Waals surface area contributed by atoms with Crippen molar-refractivity contribution in [3.05, 3.63) is 11.5 Å². The van der Waals surface area contributed by atoms with E-state index in [0.717, 1.165) is 5.75 Å². The highest BCUT2D eigenvalue weighted by atomic mass is 32.2. The first-order chi connectivity index (χ1) is 3.31. The smallest absolute Gasteiger partial charge is 0.0449 e. The molecule has 1 unspecified atom stereocenters. The maximum Gasteiger partial charge on any atom is 0.0449 e.